The SMILES string of the molecule is CCN(CC)S(=O)(=O)c1ccc2c(c1)N(CC(=O)NCCN1CCCC1)C(=O)C1CCCCN21. The van der Waals surface area contributed by atoms with Crippen molar-refractivity contribution < 1.29 is 18.0 Å². The molecule has 3 heterocycles. The largest absolute Gasteiger partial charge is 0.358 e. The highest BCUT2D eigenvalue weighted by molar-refractivity contribution is 7.89. The molecule has 0 bridgehead atoms. The van der Waals surface area contributed by atoms with Crippen molar-refractivity contribution in [3.63, 3.8) is 0 Å². The molecule has 1 aromatic carbocycles. The van der Waals surface area contributed by atoms with Gasteiger partial charge in [0.15, 0.2) is 0 Å². The van der Waals surface area contributed by atoms with Crippen LogP contribution in [0.4, 0.5) is 11.4 Å². The summed E-state index contributed by atoms with van der Waals surface area (Å²) in [5, 5.41) is 2.95. The first-order valence-corrected chi connectivity index (χ1v) is 14.0. The van der Waals surface area contributed by atoms with Gasteiger partial charge in [-0.15, -0.1) is 0 Å². The number of hydrogen-bond acceptors (Lipinski definition) is 6. The molecule has 0 aliphatic carbocycles. The number of hydrogen-bond donors (Lipinski definition) is 1. The summed E-state index contributed by atoms with van der Waals surface area (Å²) in [6, 6.07) is 4.70. The van der Waals surface area contributed by atoms with Gasteiger partial charge < -0.3 is 15.1 Å². The van der Waals surface area contributed by atoms with Gasteiger partial charge >= 0.3 is 0 Å². The summed E-state index contributed by atoms with van der Waals surface area (Å²) in [7, 11) is -3.69. The predicted molar refractivity (Wildman–Crippen MR) is 133 cm³/mol. The number of sulfonamides is 1. The van der Waals surface area contributed by atoms with E-state index in [4.69, 9.17) is 0 Å². The lowest BCUT2D eigenvalue weighted by Crippen LogP contribution is -2.57. The fourth-order valence-electron chi connectivity index (χ4n) is 5.33. The van der Waals surface area contributed by atoms with E-state index in [1.807, 2.05) is 0 Å². The normalized spacial score (nSPS) is 21.0. The zero-order valence-electron chi connectivity index (χ0n) is 20.3. The number of likely N-dealkylation sites (tertiary alicyclic amines) is 1. The van der Waals surface area contributed by atoms with E-state index in [1.54, 1.807) is 32.0 Å². The molecule has 0 aromatic heterocycles. The molecule has 1 N–H and O–H groups in total. The Labute approximate surface area is 203 Å². The molecule has 3 aliphatic heterocycles. The molecule has 34 heavy (non-hydrogen) atoms. The second-order valence-electron chi connectivity index (χ2n) is 9.27. The molecule has 1 unspecified atom stereocenters. The van der Waals surface area contributed by atoms with Crippen LogP contribution in [0.2, 0.25) is 0 Å². The average molecular weight is 492 g/mol. The minimum atomic E-state index is -3.69. The maximum atomic E-state index is 13.5. The number of carbonyl (C=O) groups is 2. The van der Waals surface area contributed by atoms with Crippen LogP contribution in [0.3, 0.4) is 0 Å². The number of rotatable bonds is 9. The van der Waals surface area contributed by atoms with Crippen LogP contribution >= 0.6 is 0 Å². The summed E-state index contributed by atoms with van der Waals surface area (Å²) >= 11 is 0. The van der Waals surface area contributed by atoms with Gasteiger partial charge in [-0.1, -0.05) is 13.8 Å². The van der Waals surface area contributed by atoms with E-state index in [2.05, 4.69) is 15.1 Å². The molecule has 4 rings (SSSR count). The lowest BCUT2D eigenvalue weighted by atomic mass is 9.96. The third kappa shape index (κ3) is 4.94. The number of nitrogens with zero attached hydrogens (tertiary/aromatic N) is 4. The molecular weight excluding hydrogens is 454 g/mol. The molecule has 0 radical (unpaired) electrons. The molecule has 0 spiro atoms. The summed E-state index contributed by atoms with van der Waals surface area (Å²) in [5.74, 6) is -0.348. The van der Waals surface area contributed by atoms with Crippen molar-refractivity contribution in [2.45, 2.75) is 56.9 Å². The van der Waals surface area contributed by atoms with Crippen LogP contribution in [0, 0.1) is 0 Å². The number of piperidine rings is 1. The number of amides is 2. The van der Waals surface area contributed by atoms with Crippen molar-refractivity contribution in [2.24, 2.45) is 0 Å². The standard InChI is InChI=1S/C24H37N5O4S/c1-3-27(4-2)34(32,33)19-10-11-20-22(17-19)29(24(31)21-9-5-6-15-28(20)21)18-23(30)25-12-16-26-13-7-8-14-26/h10-11,17,21H,3-9,12-16,18H2,1-2H3,(H,25,30). The van der Waals surface area contributed by atoms with Crippen molar-refractivity contribution in [3.05, 3.63) is 18.2 Å². The van der Waals surface area contributed by atoms with Crippen LogP contribution in [0.5, 0.6) is 0 Å². The van der Waals surface area contributed by atoms with Gasteiger partial charge in [0.2, 0.25) is 21.8 Å². The van der Waals surface area contributed by atoms with Gasteiger partial charge in [0, 0.05) is 32.7 Å². The van der Waals surface area contributed by atoms with Gasteiger partial charge in [-0.25, -0.2) is 8.42 Å². The van der Waals surface area contributed by atoms with Gasteiger partial charge in [0.05, 0.1) is 16.3 Å². The van der Waals surface area contributed by atoms with Gasteiger partial charge in [-0.3, -0.25) is 14.5 Å². The molecule has 2 fully saturated rings. The Morgan fingerprint density at radius 2 is 1.76 bits per heavy atom. The summed E-state index contributed by atoms with van der Waals surface area (Å²) in [5.41, 5.74) is 1.33. The van der Waals surface area contributed by atoms with Crippen LogP contribution in [0.15, 0.2) is 23.1 Å². The minimum absolute atomic E-state index is 0.106. The van der Waals surface area contributed by atoms with E-state index in [0.717, 1.165) is 51.1 Å². The van der Waals surface area contributed by atoms with E-state index in [0.29, 0.717) is 25.3 Å². The van der Waals surface area contributed by atoms with Gasteiger partial charge in [-0.2, -0.15) is 4.31 Å². The molecular formula is C24H37N5O4S. The highest BCUT2D eigenvalue weighted by Gasteiger charge is 2.40. The van der Waals surface area contributed by atoms with E-state index in [9.17, 15) is 18.0 Å². The average Bonchev–Trinajstić information content (AvgIpc) is 3.35. The van der Waals surface area contributed by atoms with Gasteiger partial charge in [0.1, 0.15) is 12.6 Å². The molecule has 188 valence electrons. The van der Waals surface area contributed by atoms with E-state index >= 15 is 0 Å². The molecule has 9 nitrogen and oxygen atoms in total. The van der Waals surface area contributed by atoms with E-state index in [-0.39, 0.29) is 29.3 Å². The zero-order valence-corrected chi connectivity index (χ0v) is 21.1. The maximum Gasteiger partial charge on any atom is 0.250 e. The van der Waals surface area contributed by atoms with Crippen LogP contribution < -0.4 is 15.1 Å². The smallest absolute Gasteiger partial charge is 0.250 e. The predicted octanol–water partition coefficient (Wildman–Crippen LogP) is 1.63. The Balaban J connectivity index is 1.59. The molecule has 1 aromatic rings. The van der Waals surface area contributed by atoms with Crippen molar-refractivity contribution in [1.82, 2.24) is 14.5 Å². The van der Waals surface area contributed by atoms with Crippen LogP contribution in [0.1, 0.15) is 46.0 Å². The summed E-state index contributed by atoms with van der Waals surface area (Å²) < 4.78 is 27.7. The van der Waals surface area contributed by atoms with Crippen molar-refractivity contribution in [2.75, 3.05) is 62.2 Å². The summed E-state index contributed by atoms with van der Waals surface area (Å²) in [6.45, 7) is 8.47. The Kier molecular flexibility index (Phi) is 7.79. The number of fused-ring (bicyclic) bond motifs is 3. The third-order valence-electron chi connectivity index (χ3n) is 7.19. The molecule has 1 atom stereocenters. The Hall–Kier alpha value is -2.17. The summed E-state index contributed by atoms with van der Waals surface area (Å²) in [4.78, 5) is 32.4. The number of benzene rings is 1. The third-order valence-corrected chi connectivity index (χ3v) is 9.24. The van der Waals surface area contributed by atoms with Gasteiger partial charge in [0.25, 0.3) is 0 Å². The van der Waals surface area contributed by atoms with Crippen molar-refractivity contribution >= 4 is 33.2 Å². The number of nitrogens with one attached hydrogen (secondary N) is 1. The molecule has 2 saturated heterocycles. The van der Waals surface area contributed by atoms with Crippen LogP contribution in [0.25, 0.3) is 0 Å². The molecule has 0 saturated carbocycles. The van der Waals surface area contributed by atoms with Crippen LogP contribution in [-0.4, -0.2) is 87.8 Å². The van der Waals surface area contributed by atoms with Crippen molar-refractivity contribution in [3.8, 4) is 0 Å². The first kappa shape index (κ1) is 24.9. The van der Waals surface area contributed by atoms with Crippen LogP contribution in [-0.2, 0) is 19.6 Å². The fourth-order valence-corrected chi connectivity index (χ4v) is 6.81. The Bertz CT molecular complexity index is 1000. The quantitative estimate of drug-likeness (QED) is 0.565. The lowest BCUT2D eigenvalue weighted by molar-refractivity contribution is -0.125. The van der Waals surface area contributed by atoms with E-state index < -0.39 is 10.0 Å². The first-order chi connectivity index (χ1) is 16.4. The summed E-state index contributed by atoms with van der Waals surface area (Å²) in [6.07, 6.45) is 5.09. The first-order valence-electron chi connectivity index (χ1n) is 12.6. The lowest BCUT2D eigenvalue weighted by Gasteiger charge is -2.45. The number of anilines is 2. The fraction of sp³-hybridized carbons (Fsp3) is 0.667. The zero-order chi connectivity index (χ0) is 24.3. The Morgan fingerprint density at radius 1 is 1.06 bits per heavy atom. The second-order valence-corrected chi connectivity index (χ2v) is 11.2. The molecule has 3 aliphatic rings. The van der Waals surface area contributed by atoms with E-state index in [1.165, 1.54) is 22.0 Å². The second kappa shape index (κ2) is 10.6. The monoisotopic (exact) mass is 491 g/mol. The minimum Gasteiger partial charge on any atom is -0.358 e. The Morgan fingerprint density at radius 3 is 2.47 bits per heavy atom. The van der Waals surface area contributed by atoms with Gasteiger partial charge in [-0.05, 0) is 63.4 Å². The van der Waals surface area contributed by atoms with Crippen molar-refractivity contribution in [1.29, 1.82) is 0 Å². The molecule has 10 heteroatoms. The molecule has 2 amide bonds. The number of carbonyl (C=O) groups excluding carboxylic acids is 2. The highest BCUT2D eigenvalue weighted by atomic mass is 32.2. The maximum absolute atomic E-state index is 13.5. The topological polar surface area (TPSA) is 93.3 Å². The highest BCUT2D eigenvalue weighted by Crippen LogP contribution is 2.40.